The second kappa shape index (κ2) is 7.95. The summed E-state index contributed by atoms with van der Waals surface area (Å²) >= 11 is 0. The molecule has 20 heavy (non-hydrogen) atoms. The summed E-state index contributed by atoms with van der Waals surface area (Å²) in [5, 5.41) is 2.47. The molecule has 0 heterocycles. The first-order valence-electron chi connectivity index (χ1n) is 7.57. The van der Waals surface area contributed by atoms with E-state index in [4.69, 9.17) is 9.47 Å². The van der Waals surface area contributed by atoms with E-state index in [1.807, 2.05) is 6.07 Å². The number of nitrogens with two attached hydrogens (primary N) is 1. The van der Waals surface area contributed by atoms with E-state index in [0.717, 1.165) is 24.1 Å². The van der Waals surface area contributed by atoms with Crippen molar-refractivity contribution in [2.24, 2.45) is 0 Å². The molecule has 0 bridgehead atoms. The SMILES string of the molecule is C=CCOc1ccc(C[NH2+]C2CCCCC2)cc1OC. The highest BCUT2D eigenvalue weighted by Crippen LogP contribution is 2.27. The van der Waals surface area contributed by atoms with Crippen LogP contribution in [0.15, 0.2) is 30.9 Å². The van der Waals surface area contributed by atoms with Gasteiger partial charge in [-0.25, -0.2) is 0 Å². The van der Waals surface area contributed by atoms with Crippen molar-refractivity contribution >= 4 is 0 Å². The van der Waals surface area contributed by atoms with Crippen LogP contribution >= 0.6 is 0 Å². The third-order valence-electron chi connectivity index (χ3n) is 3.92. The zero-order valence-electron chi connectivity index (χ0n) is 12.4. The number of rotatable bonds is 7. The molecule has 3 heteroatoms. The van der Waals surface area contributed by atoms with Crippen LogP contribution in [0.25, 0.3) is 0 Å². The second-order valence-electron chi connectivity index (χ2n) is 5.42. The van der Waals surface area contributed by atoms with E-state index in [1.54, 1.807) is 13.2 Å². The van der Waals surface area contributed by atoms with Crippen molar-refractivity contribution in [2.75, 3.05) is 13.7 Å². The number of methoxy groups -OCH3 is 1. The fourth-order valence-corrected chi connectivity index (χ4v) is 2.78. The van der Waals surface area contributed by atoms with Gasteiger partial charge in [-0.05, 0) is 43.9 Å². The second-order valence-corrected chi connectivity index (χ2v) is 5.42. The molecule has 2 rings (SSSR count). The van der Waals surface area contributed by atoms with Gasteiger partial charge in [0, 0.05) is 5.56 Å². The van der Waals surface area contributed by atoms with E-state index in [2.05, 4.69) is 24.0 Å². The van der Waals surface area contributed by atoms with E-state index in [-0.39, 0.29) is 0 Å². The average molecular weight is 276 g/mol. The van der Waals surface area contributed by atoms with Crippen LogP contribution in [0.3, 0.4) is 0 Å². The van der Waals surface area contributed by atoms with Crippen molar-refractivity contribution in [1.29, 1.82) is 0 Å². The van der Waals surface area contributed by atoms with Gasteiger partial charge in [0.25, 0.3) is 0 Å². The minimum Gasteiger partial charge on any atom is -0.493 e. The van der Waals surface area contributed by atoms with E-state index in [9.17, 15) is 0 Å². The highest BCUT2D eigenvalue weighted by atomic mass is 16.5. The van der Waals surface area contributed by atoms with Gasteiger partial charge in [-0.15, -0.1) is 0 Å². The summed E-state index contributed by atoms with van der Waals surface area (Å²) in [7, 11) is 1.69. The number of quaternary nitrogens is 1. The highest BCUT2D eigenvalue weighted by Gasteiger charge is 2.16. The Morgan fingerprint density at radius 3 is 2.75 bits per heavy atom. The first-order valence-corrected chi connectivity index (χ1v) is 7.57. The lowest BCUT2D eigenvalue weighted by molar-refractivity contribution is -0.706. The van der Waals surface area contributed by atoms with E-state index < -0.39 is 0 Å². The molecule has 110 valence electrons. The molecule has 1 aliphatic rings. The van der Waals surface area contributed by atoms with Gasteiger partial charge in [-0.2, -0.15) is 0 Å². The summed E-state index contributed by atoms with van der Waals surface area (Å²) in [5.74, 6) is 1.59. The van der Waals surface area contributed by atoms with Crippen LogP contribution in [0.1, 0.15) is 37.7 Å². The molecule has 0 atom stereocenters. The highest BCUT2D eigenvalue weighted by molar-refractivity contribution is 5.42. The van der Waals surface area contributed by atoms with Crippen molar-refractivity contribution in [3.63, 3.8) is 0 Å². The Hall–Kier alpha value is -1.48. The van der Waals surface area contributed by atoms with E-state index in [1.165, 1.54) is 37.7 Å². The molecule has 0 amide bonds. The monoisotopic (exact) mass is 276 g/mol. The third kappa shape index (κ3) is 4.27. The Balaban J connectivity index is 1.92. The standard InChI is InChI=1S/C17H25NO2/c1-3-11-20-16-10-9-14(12-17(16)19-2)13-18-15-7-5-4-6-8-15/h3,9-10,12,15,18H,1,4-8,11,13H2,2H3/p+1. The Morgan fingerprint density at radius 2 is 2.05 bits per heavy atom. The Morgan fingerprint density at radius 1 is 1.25 bits per heavy atom. The van der Waals surface area contributed by atoms with Gasteiger partial charge < -0.3 is 14.8 Å². The summed E-state index contributed by atoms with van der Waals surface area (Å²) in [5.41, 5.74) is 1.29. The molecule has 1 aromatic carbocycles. The quantitative estimate of drug-likeness (QED) is 0.777. The van der Waals surface area contributed by atoms with Crippen LogP contribution in [-0.4, -0.2) is 19.8 Å². The maximum absolute atomic E-state index is 5.57. The predicted molar refractivity (Wildman–Crippen MR) is 81.2 cm³/mol. The van der Waals surface area contributed by atoms with E-state index >= 15 is 0 Å². The molecular weight excluding hydrogens is 250 g/mol. The number of hydrogen-bond donors (Lipinski definition) is 1. The maximum Gasteiger partial charge on any atom is 0.161 e. The largest absolute Gasteiger partial charge is 0.493 e. The first kappa shape index (κ1) is 14.9. The molecule has 2 N–H and O–H groups in total. The molecule has 1 fully saturated rings. The molecule has 0 radical (unpaired) electrons. The third-order valence-corrected chi connectivity index (χ3v) is 3.92. The van der Waals surface area contributed by atoms with Crippen molar-refractivity contribution in [1.82, 2.24) is 0 Å². The van der Waals surface area contributed by atoms with Crippen molar-refractivity contribution in [3.8, 4) is 11.5 Å². The summed E-state index contributed by atoms with van der Waals surface area (Å²) in [6, 6.07) is 7.00. The fourth-order valence-electron chi connectivity index (χ4n) is 2.78. The van der Waals surface area contributed by atoms with Gasteiger partial charge in [-0.1, -0.05) is 19.1 Å². The van der Waals surface area contributed by atoms with Crippen LogP contribution < -0.4 is 14.8 Å². The van der Waals surface area contributed by atoms with E-state index in [0.29, 0.717) is 6.61 Å². The van der Waals surface area contributed by atoms with Crippen LogP contribution in [0, 0.1) is 0 Å². The molecule has 1 aliphatic carbocycles. The van der Waals surface area contributed by atoms with Crippen LogP contribution in [-0.2, 0) is 6.54 Å². The Bertz CT molecular complexity index is 425. The molecule has 1 saturated carbocycles. The lowest BCUT2D eigenvalue weighted by Crippen LogP contribution is -2.88. The van der Waals surface area contributed by atoms with Crippen LogP contribution in [0.5, 0.6) is 11.5 Å². The van der Waals surface area contributed by atoms with Gasteiger partial charge in [0.2, 0.25) is 0 Å². The van der Waals surface area contributed by atoms with Gasteiger partial charge in [0.1, 0.15) is 13.2 Å². The first-order chi connectivity index (χ1) is 9.83. The Kier molecular flexibility index (Phi) is 5.93. The van der Waals surface area contributed by atoms with Crippen molar-refractivity contribution < 1.29 is 14.8 Å². The minimum atomic E-state index is 0.504. The zero-order valence-corrected chi connectivity index (χ0v) is 12.4. The fraction of sp³-hybridized carbons (Fsp3) is 0.529. The molecular formula is C17H26NO2+. The molecule has 0 saturated heterocycles. The average Bonchev–Trinajstić information content (AvgIpc) is 2.52. The summed E-state index contributed by atoms with van der Waals surface area (Å²) in [6.07, 6.45) is 8.64. The molecule has 0 spiro atoms. The number of ether oxygens (including phenoxy) is 2. The van der Waals surface area contributed by atoms with Gasteiger partial charge in [0.15, 0.2) is 11.5 Å². The smallest absolute Gasteiger partial charge is 0.161 e. The summed E-state index contributed by atoms with van der Waals surface area (Å²) in [6.45, 7) is 5.18. The van der Waals surface area contributed by atoms with Gasteiger partial charge in [-0.3, -0.25) is 0 Å². The van der Waals surface area contributed by atoms with Crippen molar-refractivity contribution in [2.45, 2.75) is 44.7 Å². The number of hydrogen-bond acceptors (Lipinski definition) is 2. The summed E-state index contributed by atoms with van der Waals surface area (Å²) in [4.78, 5) is 0. The summed E-state index contributed by atoms with van der Waals surface area (Å²) < 4.78 is 11.0. The zero-order chi connectivity index (χ0) is 14.2. The van der Waals surface area contributed by atoms with Crippen molar-refractivity contribution in [3.05, 3.63) is 36.4 Å². The molecule has 0 aliphatic heterocycles. The maximum atomic E-state index is 5.57. The molecule has 0 unspecified atom stereocenters. The van der Waals surface area contributed by atoms with Crippen LogP contribution in [0.4, 0.5) is 0 Å². The Labute approximate surface area is 122 Å². The van der Waals surface area contributed by atoms with Crippen LogP contribution in [0.2, 0.25) is 0 Å². The lowest BCUT2D eigenvalue weighted by Gasteiger charge is -2.20. The number of benzene rings is 1. The minimum absolute atomic E-state index is 0.504. The topological polar surface area (TPSA) is 35.1 Å². The predicted octanol–water partition coefficient (Wildman–Crippen LogP) is 2.66. The normalized spacial score (nSPS) is 15.8. The van der Waals surface area contributed by atoms with Gasteiger partial charge in [0.05, 0.1) is 13.2 Å². The lowest BCUT2D eigenvalue weighted by atomic mass is 9.95. The molecule has 0 aromatic heterocycles. The molecule has 1 aromatic rings. The molecule has 3 nitrogen and oxygen atoms in total. The van der Waals surface area contributed by atoms with Gasteiger partial charge >= 0.3 is 0 Å².